The third-order valence-corrected chi connectivity index (χ3v) is 6.68. The number of carbonyl (C=O) groups is 1. The molecule has 1 heterocycles. The number of benzene rings is 2. The summed E-state index contributed by atoms with van der Waals surface area (Å²) in [4.78, 5) is 16.3. The van der Waals surface area contributed by atoms with E-state index in [0.717, 1.165) is 38.4 Å². The Balaban J connectivity index is 1.50. The molecule has 144 valence electrons. The zero-order valence-corrected chi connectivity index (χ0v) is 17.1. The lowest BCUT2D eigenvalue weighted by atomic mass is 10.1. The summed E-state index contributed by atoms with van der Waals surface area (Å²) in [6, 6.07) is 12.4. The van der Waals surface area contributed by atoms with Crippen LogP contribution >= 0.6 is 23.2 Å². The van der Waals surface area contributed by atoms with Crippen molar-refractivity contribution in [3.05, 3.63) is 58.1 Å². The predicted octanol–water partition coefficient (Wildman–Crippen LogP) is 3.02. The largest absolute Gasteiger partial charge is 0.369 e. The summed E-state index contributed by atoms with van der Waals surface area (Å²) in [7, 11) is -1.17. The molecule has 0 saturated carbocycles. The number of halogens is 2. The van der Waals surface area contributed by atoms with E-state index in [4.69, 9.17) is 28.9 Å². The summed E-state index contributed by atoms with van der Waals surface area (Å²) in [6.07, 6.45) is 0. The second-order valence-corrected chi connectivity index (χ2v) is 8.75. The Kier molecular flexibility index (Phi) is 6.76. The van der Waals surface area contributed by atoms with Gasteiger partial charge in [0.2, 0.25) is 5.91 Å². The molecule has 0 aliphatic carbocycles. The highest BCUT2D eigenvalue weighted by molar-refractivity contribution is 7.85. The van der Waals surface area contributed by atoms with Gasteiger partial charge in [0.25, 0.3) is 0 Å². The van der Waals surface area contributed by atoms with E-state index in [0.29, 0.717) is 26.3 Å². The van der Waals surface area contributed by atoms with E-state index in [1.165, 1.54) is 0 Å². The minimum Gasteiger partial charge on any atom is -0.369 e. The highest BCUT2D eigenvalue weighted by Crippen LogP contribution is 2.24. The Morgan fingerprint density at radius 2 is 1.70 bits per heavy atom. The maximum atomic E-state index is 12.5. The zero-order chi connectivity index (χ0) is 19.4. The molecule has 2 aromatic carbocycles. The van der Waals surface area contributed by atoms with Crippen molar-refractivity contribution in [2.45, 2.75) is 4.90 Å². The molecule has 1 aliphatic heterocycles. The Hall–Kier alpha value is -1.60. The van der Waals surface area contributed by atoms with Crippen LogP contribution < -0.4 is 10.6 Å². The lowest BCUT2D eigenvalue weighted by molar-refractivity contribution is 0.100. The van der Waals surface area contributed by atoms with Crippen LogP contribution in [0.25, 0.3) is 0 Å². The van der Waals surface area contributed by atoms with E-state index in [1.54, 1.807) is 30.3 Å². The fraction of sp³-hybridized carbons (Fsp3) is 0.316. The topological polar surface area (TPSA) is 66.6 Å². The molecule has 0 radical (unpaired) electrons. The van der Waals surface area contributed by atoms with Crippen LogP contribution in [0.2, 0.25) is 10.0 Å². The molecule has 1 fully saturated rings. The number of primary amides is 1. The van der Waals surface area contributed by atoms with Gasteiger partial charge in [0.05, 0.1) is 20.7 Å². The van der Waals surface area contributed by atoms with Gasteiger partial charge in [0.1, 0.15) is 0 Å². The van der Waals surface area contributed by atoms with Crippen molar-refractivity contribution in [1.82, 2.24) is 4.90 Å². The number of nitrogens with two attached hydrogens (primary N) is 1. The van der Waals surface area contributed by atoms with Gasteiger partial charge in [0.15, 0.2) is 0 Å². The van der Waals surface area contributed by atoms with E-state index in [9.17, 15) is 9.00 Å². The number of anilines is 1. The zero-order valence-electron chi connectivity index (χ0n) is 14.7. The highest BCUT2D eigenvalue weighted by atomic mass is 35.5. The van der Waals surface area contributed by atoms with E-state index in [2.05, 4.69) is 9.80 Å². The lowest BCUT2D eigenvalue weighted by Crippen LogP contribution is -2.47. The lowest BCUT2D eigenvalue weighted by Gasteiger charge is -2.36. The van der Waals surface area contributed by atoms with Crippen LogP contribution in [0.4, 0.5) is 5.69 Å². The third-order valence-electron chi connectivity index (χ3n) is 4.62. The molecule has 0 spiro atoms. The Labute approximate surface area is 171 Å². The number of hydrogen-bond donors (Lipinski definition) is 1. The first-order valence-electron chi connectivity index (χ1n) is 8.64. The van der Waals surface area contributed by atoms with Crippen LogP contribution in [0.15, 0.2) is 47.4 Å². The highest BCUT2D eigenvalue weighted by Gasteiger charge is 2.19. The van der Waals surface area contributed by atoms with Crippen LogP contribution in [-0.4, -0.2) is 53.5 Å². The van der Waals surface area contributed by atoms with Crippen LogP contribution in [0.1, 0.15) is 10.4 Å². The van der Waals surface area contributed by atoms with Gasteiger partial charge in [-0.3, -0.25) is 13.9 Å². The summed E-state index contributed by atoms with van der Waals surface area (Å²) >= 11 is 12.1. The van der Waals surface area contributed by atoms with Crippen molar-refractivity contribution in [1.29, 1.82) is 0 Å². The smallest absolute Gasteiger partial charge is 0.248 e. The average molecular weight is 426 g/mol. The minimum atomic E-state index is -1.17. The van der Waals surface area contributed by atoms with Gasteiger partial charge in [-0.2, -0.15) is 0 Å². The second kappa shape index (κ2) is 9.06. The molecular weight excluding hydrogens is 405 g/mol. The molecule has 5 nitrogen and oxygen atoms in total. The first-order chi connectivity index (χ1) is 12.9. The van der Waals surface area contributed by atoms with E-state index >= 15 is 0 Å². The van der Waals surface area contributed by atoms with Crippen LogP contribution in [0.5, 0.6) is 0 Å². The molecular formula is C19H21Cl2N3O2S. The quantitative estimate of drug-likeness (QED) is 0.771. The van der Waals surface area contributed by atoms with E-state index in [1.807, 2.05) is 12.1 Å². The van der Waals surface area contributed by atoms with Gasteiger partial charge >= 0.3 is 0 Å². The molecule has 3 rings (SSSR count). The second-order valence-electron chi connectivity index (χ2n) is 6.36. The first-order valence-corrected chi connectivity index (χ1v) is 10.7. The summed E-state index contributed by atoms with van der Waals surface area (Å²) < 4.78 is 12.5. The van der Waals surface area contributed by atoms with Crippen molar-refractivity contribution in [2.75, 3.05) is 43.4 Å². The van der Waals surface area contributed by atoms with Gasteiger partial charge < -0.3 is 10.6 Å². The van der Waals surface area contributed by atoms with Gasteiger partial charge in [0, 0.05) is 54.8 Å². The average Bonchev–Trinajstić information content (AvgIpc) is 2.68. The van der Waals surface area contributed by atoms with Crippen molar-refractivity contribution < 1.29 is 9.00 Å². The number of nitrogens with zero attached hydrogens (tertiary/aromatic N) is 2. The number of piperazine rings is 1. The van der Waals surface area contributed by atoms with Crippen LogP contribution in [0, 0.1) is 0 Å². The molecule has 1 saturated heterocycles. The van der Waals surface area contributed by atoms with Crippen LogP contribution in [-0.2, 0) is 10.8 Å². The van der Waals surface area contributed by atoms with Crippen molar-refractivity contribution in [3.8, 4) is 0 Å². The molecule has 2 N–H and O–H groups in total. The Morgan fingerprint density at radius 1 is 1.04 bits per heavy atom. The van der Waals surface area contributed by atoms with Crippen molar-refractivity contribution in [3.63, 3.8) is 0 Å². The monoisotopic (exact) mass is 425 g/mol. The molecule has 1 aliphatic rings. The molecule has 0 aromatic heterocycles. The molecule has 0 bridgehead atoms. The summed E-state index contributed by atoms with van der Waals surface area (Å²) in [5.41, 5.74) is 6.87. The van der Waals surface area contributed by atoms with Crippen molar-refractivity contribution in [2.24, 2.45) is 5.73 Å². The predicted molar refractivity (Wildman–Crippen MR) is 111 cm³/mol. The van der Waals surface area contributed by atoms with Gasteiger partial charge in [-0.1, -0.05) is 23.2 Å². The molecule has 27 heavy (non-hydrogen) atoms. The van der Waals surface area contributed by atoms with Crippen molar-refractivity contribution >= 4 is 45.6 Å². The Bertz CT molecular complexity index is 837. The number of amides is 1. The summed E-state index contributed by atoms with van der Waals surface area (Å²) in [5, 5.41) is 1.03. The summed E-state index contributed by atoms with van der Waals surface area (Å²) in [6.45, 7) is 4.26. The first kappa shape index (κ1) is 20.1. The van der Waals surface area contributed by atoms with E-state index in [-0.39, 0.29) is 0 Å². The molecule has 2 aromatic rings. The number of carbonyl (C=O) groups excluding carboxylic acids is 1. The van der Waals surface area contributed by atoms with Crippen LogP contribution in [0.3, 0.4) is 0 Å². The third kappa shape index (κ3) is 5.23. The molecule has 8 heteroatoms. The maximum Gasteiger partial charge on any atom is 0.248 e. The number of rotatable bonds is 6. The number of hydrogen-bond acceptors (Lipinski definition) is 4. The fourth-order valence-corrected chi connectivity index (χ4v) is 4.84. The maximum absolute atomic E-state index is 12.5. The SMILES string of the molecule is NC(=O)c1ccc(N2CCN(CCS(=O)c3cc(Cl)ccc3Cl)CC2)cc1. The van der Waals surface area contributed by atoms with Gasteiger partial charge in [-0.05, 0) is 42.5 Å². The molecule has 1 amide bonds. The fourth-order valence-electron chi connectivity index (χ4n) is 3.04. The minimum absolute atomic E-state index is 0.417. The summed E-state index contributed by atoms with van der Waals surface area (Å²) in [5.74, 6) is 0.104. The van der Waals surface area contributed by atoms with Gasteiger partial charge in [-0.15, -0.1) is 0 Å². The normalized spacial score (nSPS) is 16.3. The molecule has 1 unspecified atom stereocenters. The standard InChI is InChI=1S/C19H21Cl2N3O2S/c20-15-3-6-17(21)18(13-15)27(26)12-11-23-7-9-24(10-8-23)16-4-1-14(2-5-16)19(22)25/h1-6,13H,7-12H2,(H2,22,25). The molecule has 1 atom stereocenters. The Morgan fingerprint density at radius 3 is 2.33 bits per heavy atom. The van der Waals surface area contributed by atoms with Gasteiger partial charge in [-0.25, -0.2) is 0 Å². The van der Waals surface area contributed by atoms with E-state index < -0.39 is 16.7 Å².